The minimum absolute atomic E-state index is 0.248. The maximum absolute atomic E-state index is 11.1. The van der Waals surface area contributed by atoms with Gasteiger partial charge >= 0.3 is 0 Å². The molecule has 2 unspecified atom stereocenters. The van der Waals surface area contributed by atoms with Crippen molar-refractivity contribution in [2.75, 3.05) is 7.11 Å². The van der Waals surface area contributed by atoms with E-state index in [1.54, 1.807) is 7.11 Å². The van der Waals surface area contributed by atoms with Crippen molar-refractivity contribution in [3.8, 4) is 5.75 Å². The van der Waals surface area contributed by atoms with Gasteiger partial charge in [0.05, 0.1) is 12.7 Å². The number of para-hydroxylation sites is 1. The first kappa shape index (κ1) is 13.4. The summed E-state index contributed by atoms with van der Waals surface area (Å²) >= 11 is 0. The zero-order valence-electron chi connectivity index (χ0n) is 11.9. The molecule has 0 radical (unpaired) electrons. The summed E-state index contributed by atoms with van der Waals surface area (Å²) in [5.41, 5.74) is 0.519. The molecule has 2 atom stereocenters. The van der Waals surface area contributed by atoms with Crippen molar-refractivity contribution in [1.82, 2.24) is 0 Å². The van der Waals surface area contributed by atoms with E-state index >= 15 is 0 Å². The largest absolute Gasteiger partial charge is 0.496 e. The fraction of sp³-hybridized carbons (Fsp3) is 0.625. The van der Waals surface area contributed by atoms with E-state index in [9.17, 15) is 5.11 Å². The molecular formula is C16H24O2. The van der Waals surface area contributed by atoms with Crippen LogP contribution in [0.15, 0.2) is 24.3 Å². The van der Waals surface area contributed by atoms with Crippen molar-refractivity contribution in [1.29, 1.82) is 0 Å². The second-order valence-corrected chi connectivity index (χ2v) is 6.39. The average Bonchev–Trinajstić information content (AvgIpc) is 2.34. The average molecular weight is 248 g/mol. The van der Waals surface area contributed by atoms with Gasteiger partial charge in [0.1, 0.15) is 5.75 Å². The van der Waals surface area contributed by atoms with Crippen LogP contribution in [0.3, 0.4) is 0 Å². The molecule has 1 aliphatic rings. The standard InChI is InChI=1S/C16H24O2/c1-12-11-15(2,3)9-10-16(12,17)13-7-5-6-8-14(13)18-4/h5-8,12,17H,9-11H2,1-4H3. The lowest BCUT2D eigenvalue weighted by atomic mass is 9.63. The highest BCUT2D eigenvalue weighted by molar-refractivity contribution is 5.38. The van der Waals surface area contributed by atoms with E-state index in [0.29, 0.717) is 5.41 Å². The Morgan fingerprint density at radius 1 is 1.22 bits per heavy atom. The Labute approximate surface area is 110 Å². The summed E-state index contributed by atoms with van der Waals surface area (Å²) in [6.45, 7) is 6.71. The lowest BCUT2D eigenvalue weighted by molar-refractivity contribution is -0.0781. The monoisotopic (exact) mass is 248 g/mol. The molecule has 0 heterocycles. The molecular weight excluding hydrogens is 224 g/mol. The molecule has 0 aromatic heterocycles. The summed E-state index contributed by atoms with van der Waals surface area (Å²) in [7, 11) is 1.67. The highest BCUT2D eigenvalue weighted by atomic mass is 16.5. The molecule has 0 bridgehead atoms. The van der Waals surface area contributed by atoms with Gasteiger partial charge in [-0.25, -0.2) is 0 Å². The Balaban J connectivity index is 2.37. The molecule has 1 fully saturated rings. The fourth-order valence-corrected chi connectivity index (χ4v) is 3.28. The molecule has 0 spiro atoms. The predicted octanol–water partition coefficient (Wildman–Crippen LogP) is 3.73. The number of ether oxygens (including phenoxy) is 1. The Kier molecular flexibility index (Phi) is 3.41. The maximum atomic E-state index is 11.1. The number of methoxy groups -OCH3 is 1. The van der Waals surface area contributed by atoms with Crippen molar-refractivity contribution in [3.63, 3.8) is 0 Å². The van der Waals surface area contributed by atoms with Crippen LogP contribution in [0.2, 0.25) is 0 Å². The molecule has 0 saturated heterocycles. The van der Waals surface area contributed by atoms with Crippen LogP contribution in [0.1, 0.15) is 45.6 Å². The van der Waals surface area contributed by atoms with Gasteiger partial charge in [0, 0.05) is 5.56 Å². The van der Waals surface area contributed by atoms with Crippen LogP contribution in [-0.2, 0) is 5.60 Å². The summed E-state index contributed by atoms with van der Waals surface area (Å²) in [5, 5.41) is 11.1. The van der Waals surface area contributed by atoms with Crippen LogP contribution >= 0.6 is 0 Å². The summed E-state index contributed by atoms with van der Waals surface area (Å²) in [6.07, 6.45) is 2.90. The van der Waals surface area contributed by atoms with Crippen molar-refractivity contribution in [3.05, 3.63) is 29.8 Å². The van der Waals surface area contributed by atoms with Crippen LogP contribution in [0, 0.1) is 11.3 Å². The van der Waals surface area contributed by atoms with E-state index in [2.05, 4.69) is 20.8 Å². The van der Waals surface area contributed by atoms with E-state index in [1.807, 2.05) is 24.3 Å². The van der Waals surface area contributed by atoms with Gasteiger partial charge in [0.15, 0.2) is 0 Å². The van der Waals surface area contributed by atoms with Crippen LogP contribution in [0.5, 0.6) is 5.75 Å². The van der Waals surface area contributed by atoms with Crippen molar-refractivity contribution in [2.24, 2.45) is 11.3 Å². The SMILES string of the molecule is COc1ccccc1C1(O)CCC(C)(C)CC1C. The van der Waals surface area contributed by atoms with Crippen molar-refractivity contribution < 1.29 is 9.84 Å². The van der Waals surface area contributed by atoms with Crippen LogP contribution in [0.25, 0.3) is 0 Å². The van der Waals surface area contributed by atoms with Gasteiger partial charge in [-0.2, -0.15) is 0 Å². The zero-order valence-corrected chi connectivity index (χ0v) is 11.9. The molecule has 1 N–H and O–H groups in total. The fourth-order valence-electron chi connectivity index (χ4n) is 3.28. The molecule has 1 saturated carbocycles. The molecule has 2 heteroatoms. The number of hydrogen-bond acceptors (Lipinski definition) is 2. The third-order valence-corrected chi connectivity index (χ3v) is 4.43. The number of rotatable bonds is 2. The normalized spacial score (nSPS) is 31.1. The van der Waals surface area contributed by atoms with Crippen molar-refractivity contribution >= 4 is 0 Å². The minimum atomic E-state index is -0.748. The molecule has 1 aromatic carbocycles. The quantitative estimate of drug-likeness (QED) is 0.864. The van der Waals surface area contributed by atoms with E-state index in [4.69, 9.17) is 4.74 Å². The molecule has 2 rings (SSSR count). The number of benzene rings is 1. The van der Waals surface area contributed by atoms with E-state index in [1.165, 1.54) is 0 Å². The Bertz CT molecular complexity index is 425. The summed E-state index contributed by atoms with van der Waals surface area (Å²) < 4.78 is 5.40. The van der Waals surface area contributed by atoms with Gasteiger partial charge in [0.25, 0.3) is 0 Å². The second kappa shape index (κ2) is 4.58. The lowest BCUT2D eigenvalue weighted by Crippen LogP contribution is -2.41. The number of aliphatic hydroxyl groups is 1. The van der Waals surface area contributed by atoms with Crippen LogP contribution in [0.4, 0.5) is 0 Å². The smallest absolute Gasteiger partial charge is 0.124 e. The Morgan fingerprint density at radius 3 is 2.50 bits per heavy atom. The first-order chi connectivity index (χ1) is 8.39. The first-order valence-corrected chi connectivity index (χ1v) is 6.75. The molecule has 1 aliphatic carbocycles. The summed E-state index contributed by atoms with van der Waals surface area (Å²) in [4.78, 5) is 0. The third kappa shape index (κ3) is 2.26. The van der Waals surface area contributed by atoms with E-state index in [0.717, 1.165) is 30.6 Å². The van der Waals surface area contributed by atoms with E-state index < -0.39 is 5.60 Å². The highest BCUT2D eigenvalue weighted by Gasteiger charge is 2.44. The lowest BCUT2D eigenvalue weighted by Gasteiger charge is -2.45. The van der Waals surface area contributed by atoms with Crippen LogP contribution < -0.4 is 4.74 Å². The predicted molar refractivity (Wildman–Crippen MR) is 73.7 cm³/mol. The van der Waals surface area contributed by atoms with Gasteiger partial charge in [-0.05, 0) is 36.7 Å². The van der Waals surface area contributed by atoms with Gasteiger partial charge < -0.3 is 9.84 Å². The minimum Gasteiger partial charge on any atom is -0.496 e. The molecule has 0 amide bonds. The third-order valence-electron chi connectivity index (χ3n) is 4.43. The molecule has 1 aromatic rings. The highest BCUT2D eigenvalue weighted by Crippen LogP contribution is 2.50. The summed E-state index contributed by atoms with van der Waals surface area (Å²) in [6, 6.07) is 7.85. The maximum Gasteiger partial charge on any atom is 0.124 e. The van der Waals surface area contributed by atoms with Crippen LogP contribution in [-0.4, -0.2) is 12.2 Å². The van der Waals surface area contributed by atoms with E-state index in [-0.39, 0.29) is 5.92 Å². The zero-order chi connectivity index (χ0) is 13.4. The molecule has 18 heavy (non-hydrogen) atoms. The summed E-state index contributed by atoms with van der Waals surface area (Å²) in [5.74, 6) is 1.05. The van der Waals surface area contributed by atoms with Gasteiger partial charge in [-0.1, -0.05) is 39.0 Å². The molecule has 0 aliphatic heterocycles. The van der Waals surface area contributed by atoms with Gasteiger partial charge in [-0.3, -0.25) is 0 Å². The first-order valence-electron chi connectivity index (χ1n) is 6.75. The van der Waals surface area contributed by atoms with Gasteiger partial charge in [-0.15, -0.1) is 0 Å². The Morgan fingerprint density at radius 2 is 1.89 bits per heavy atom. The van der Waals surface area contributed by atoms with Crippen molar-refractivity contribution in [2.45, 2.75) is 45.6 Å². The topological polar surface area (TPSA) is 29.5 Å². The second-order valence-electron chi connectivity index (χ2n) is 6.39. The number of hydrogen-bond donors (Lipinski definition) is 1. The Hall–Kier alpha value is -1.02. The molecule has 2 nitrogen and oxygen atoms in total. The molecule has 100 valence electrons. The van der Waals surface area contributed by atoms with Gasteiger partial charge in [0.2, 0.25) is 0 Å².